The predicted octanol–water partition coefficient (Wildman–Crippen LogP) is 4.37. The molecule has 0 radical (unpaired) electrons. The van der Waals surface area contributed by atoms with E-state index in [2.05, 4.69) is 58.0 Å². The van der Waals surface area contributed by atoms with Crippen molar-refractivity contribution in [2.45, 2.75) is 46.1 Å². The van der Waals surface area contributed by atoms with Gasteiger partial charge in [0, 0.05) is 50.6 Å². The first-order chi connectivity index (χ1) is 14.2. The van der Waals surface area contributed by atoms with Crippen molar-refractivity contribution in [3.63, 3.8) is 0 Å². The monoisotopic (exact) mass is 543 g/mol. The molecule has 0 unspecified atom stereocenters. The number of thiazole rings is 1. The molecule has 1 saturated heterocycles. The number of hydrogen-bond acceptors (Lipinski definition) is 5. The standard InChI is InChI=1S/C22H33N5OS.HI/c1-4-13-28-20-14-17(2)7-8-18(20)15-25-21(23-3)24-10-9-19-16-29-22(26-19)27-11-5-6-12-27;/h7-8,14,16H,4-6,9-13,15H2,1-3H3,(H2,23,24,25);1H. The highest BCUT2D eigenvalue weighted by Crippen LogP contribution is 2.24. The van der Waals surface area contributed by atoms with E-state index in [0.29, 0.717) is 6.54 Å². The summed E-state index contributed by atoms with van der Waals surface area (Å²) < 4.78 is 5.91. The van der Waals surface area contributed by atoms with Gasteiger partial charge in [0.25, 0.3) is 0 Å². The Hall–Kier alpha value is -1.55. The number of ether oxygens (including phenoxy) is 1. The maximum atomic E-state index is 5.91. The first-order valence-electron chi connectivity index (χ1n) is 10.6. The number of nitrogens with zero attached hydrogens (tertiary/aromatic N) is 3. The summed E-state index contributed by atoms with van der Waals surface area (Å²) in [5.74, 6) is 1.74. The summed E-state index contributed by atoms with van der Waals surface area (Å²) in [6, 6.07) is 6.34. The molecule has 1 aliphatic rings. The lowest BCUT2D eigenvalue weighted by Gasteiger charge is -2.15. The number of nitrogens with one attached hydrogen (secondary N) is 2. The maximum Gasteiger partial charge on any atom is 0.191 e. The minimum atomic E-state index is 0. The molecule has 0 saturated carbocycles. The minimum Gasteiger partial charge on any atom is -0.493 e. The summed E-state index contributed by atoms with van der Waals surface area (Å²) in [5.41, 5.74) is 3.49. The lowest BCUT2D eigenvalue weighted by Crippen LogP contribution is -2.38. The average molecular weight is 544 g/mol. The molecule has 8 heteroatoms. The molecule has 0 spiro atoms. The van der Waals surface area contributed by atoms with Crippen LogP contribution in [0.4, 0.5) is 5.13 Å². The number of halogens is 1. The van der Waals surface area contributed by atoms with Gasteiger partial charge in [-0.05, 0) is 37.8 Å². The number of hydrogen-bond donors (Lipinski definition) is 2. The topological polar surface area (TPSA) is 61.8 Å². The summed E-state index contributed by atoms with van der Waals surface area (Å²) >= 11 is 1.76. The van der Waals surface area contributed by atoms with Gasteiger partial charge in [0.1, 0.15) is 5.75 Å². The Morgan fingerprint density at radius 3 is 2.80 bits per heavy atom. The van der Waals surface area contributed by atoms with Crippen molar-refractivity contribution in [1.29, 1.82) is 0 Å². The van der Waals surface area contributed by atoms with Crippen molar-refractivity contribution < 1.29 is 4.74 Å². The highest BCUT2D eigenvalue weighted by Gasteiger charge is 2.15. The molecular weight excluding hydrogens is 509 g/mol. The van der Waals surface area contributed by atoms with Crippen molar-refractivity contribution in [3.8, 4) is 5.75 Å². The normalized spacial score (nSPS) is 13.8. The first-order valence-corrected chi connectivity index (χ1v) is 11.4. The zero-order valence-electron chi connectivity index (χ0n) is 18.2. The molecule has 3 rings (SSSR count). The van der Waals surface area contributed by atoms with E-state index >= 15 is 0 Å². The molecule has 2 aromatic rings. The third-order valence-corrected chi connectivity index (χ3v) is 5.89. The van der Waals surface area contributed by atoms with Crippen molar-refractivity contribution >= 4 is 46.4 Å². The van der Waals surface area contributed by atoms with Crippen LogP contribution < -0.4 is 20.3 Å². The van der Waals surface area contributed by atoms with Crippen molar-refractivity contribution in [2.75, 3.05) is 38.2 Å². The van der Waals surface area contributed by atoms with Gasteiger partial charge in [-0.2, -0.15) is 0 Å². The Morgan fingerprint density at radius 1 is 1.27 bits per heavy atom. The lowest BCUT2D eigenvalue weighted by molar-refractivity contribution is 0.313. The SMILES string of the molecule is CCCOc1cc(C)ccc1CNC(=NC)NCCc1csc(N2CCCC2)n1.I. The Bertz CT molecular complexity index is 805. The largest absolute Gasteiger partial charge is 0.493 e. The quantitative estimate of drug-likeness (QED) is 0.280. The van der Waals surface area contributed by atoms with Crippen LogP contribution >= 0.6 is 35.3 Å². The Balaban J connectivity index is 0.00000320. The number of benzene rings is 1. The van der Waals surface area contributed by atoms with Crippen LogP contribution in [0.2, 0.25) is 0 Å². The molecule has 2 N–H and O–H groups in total. The number of guanidine groups is 1. The van der Waals surface area contributed by atoms with Gasteiger partial charge < -0.3 is 20.3 Å². The van der Waals surface area contributed by atoms with Gasteiger partial charge in [0.15, 0.2) is 11.1 Å². The van der Waals surface area contributed by atoms with Gasteiger partial charge >= 0.3 is 0 Å². The lowest BCUT2D eigenvalue weighted by atomic mass is 10.1. The van der Waals surface area contributed by atoms with E-state index in [9.17, 15) is 0 Å². The maximum absolute atomic E-state index is 5.91. The zero-order valence-corrected chi connectivity index (χ0v) is 21.4. The second-order valence-corrected chi connectivity index (χ2v) is 8.21. The summed E-state index contributed by atoms with van der Waals surface area (Å²) in [4.78, 5) is 11.5. The summed E-state index contributed by atoms with van der Waals surface area (Å²) in [6.07, 6.45) is 4.45. The molecule has 1 aliphatic heterocycles. The molecule has 1 fully saturated rings. The van der Waals surface area contributed by atoms with Crippen LogP contribution in [0.5, 0.6) is 5.75 Å². The molecule has 6 nitrogen and oxygen atoms in total. The molecule has 1 aromatic carbocycles. The zero-order chi connectivity index (χ0) is 20.5. The molecule has 0 aliphatic carbocycles. The summed E-state index contributed by atoms with van der Waals surface area (Å²) in [6.45, 7) is 8.71. The second-order valence-electron chi connectivity index (χ2n) is 7.38. The van der Waals surface area contributed by atoms with Gasteiger partial charge in [-0.25, -0.2) is 4.98 Å². The smallest absolute Gasteiger partial charge is 0.191 e. The number of rotatable bonds is 9. The van der Waals surface area contributed by atoms with Crippen LogP contribution in [-0.4, -0.2) is 44.2 Å². The minimum absolute atomic E-state index is 0. The van der Waals surface area contributed by atoms with Crippen molar-refractivity contribution in [3.05, 3.63) is 40.4 Å². The Labute approximate surface area is 201 Å². The van der Waals surface area contributed by atoms with E-state index in [0.717, 1.165) is 62.0 Å². The molecule has 30 heavy (non-hydrogen) atoms. The molecule has 2 heterocycles. The van der Waals surface area contributed by atoms with E-state index in [1.807, 2.05) is 0 Å². The number of anilines is 1. The number of aliphatic imine (C=N–C) groups is 1. The fraction of sp³-hybridized carbons (Fsp3) is 0.545. The summed E-state index contributed by atoms with van der Waals surface area (Å²) in [5, 5.41) is 10.1. The molecule has 0 amide bonds. The van der Waals surface area contributed by atoms with Crippen LogP contribution in [-0.2, 0) is 13.0 Å². The van der Waals surface area contributed by atoms with Gasteiger partial charge in [-0.15, -0.1) is 35.3 Å². The van der Waals surface area contributed by atoms with Gasteiger partial charge in [-0.3, -0.25) is 4.99 Å². The van der Waals surface area contributed by atoms with E-state index in [1.54, 1.807) is 18.4 Å². The molecule has 0 bridgehead atoms. The highest BCUT2D eigenvalue weighted by atomic mass is 127. The molecular formula is C22H34IN5OS. The van der Waals surface area contributed by atoms with Crippen molar-refractivity contribution in [1.82, 2.24) is 15.6 Å². The first kappa shape index (κ1) is 24.7. The summed E-state index contributed by atoms with van der Waals surface area (Å²) in [7, 11) is 1.80. The van der Waals surface area contributed by atoms with Gasteiger partial charge in [-0.1, -0.05) is 19.1 Å². The van der Waals surface area contributed by atoms with Crippen LogP contribution in [0.15, 0.2) is 28.6 Å². The fourth-order valence-electron chi connectivity index (χ4n) is 3.33. The number of aryl methyl sites for hydroxylation is 1. The van der Waals surface area contributed by atoms with E-state index in [4.69, 9.17) is 9.72 Å². The molecule has 1 aromatic heterocycles. The van der Waals surface area contributed by atoms with Crippen LogP contribution in [0.25, 0.3) is 0 Å². The fourth-order valence-corrected chi connectivity index (χ4v) is 4.24. The highest BCUT2D eigenvalue weighted by molar-refractivity contribution is 14.0. The Kier molecular flexibility index (Phi) is 10.7. The van der Waals surface area contributed by atoms with Crippen molar-refractivity contribution in [2.24, 2.45) is 4.99 Å². The third-order valence-electron chi connectivity index (χ3n) is 4.94. The van der Waals surface area contributed by atoms with Crippen LogP contribution in [0.1, 0.15) is 43.0 Å². The van der Waals surface area contributed by atoms with Gasteiger partial charge in [0.2, 0.25) is 0 Å². The number of aromatic nitrogens is 1. The van der Waals surface area contributed by atoms with E-state index < -0.39 is 0 Å². The third kappa shape index (κ3) is 7.30. The molecule has 166 valence electrons. The predicted molar refractivity (Wildman–Crippen MR) is 138 cm³/mol. The van der Waals surface area contributed by atoms with Crippen LogP contribution in [0.3, 0.4) is 0 Å². The molecule has 0 atom stereocenters. The average Bonchev–Trinajstić information content (AvgIpc) is 3.41. The second kappa shape index (κ2) is 13.0. The Morgan fingerprint density at radius 2 is 2.07 bits per heavy atom. The van der Waals surface area contributed by atoms with Crippen LogP contribution in [0, 0.1) is 6.92 Å². The van der Waals surface area contributed by atoms with Gasteiger partial charge in [0.05, 0.1) is 12.3 Å². The van der Waals surface area contributed by atoms with E-state index in [1.165, 1.54) is 23.5 Å². The van der Waals surface area contributed by atoms with E-state index in [-0.39, 0.29) is 24.0 Å².